The number of likely N-dealkylation sites (tertiary alicyclic amines) is 1. The molecule has 5 nitrogen and oxygen atoms in total. The summed E-state index contributed by atoms with van der Waals surface area (Å²) in [6.45, 7) is 8.89. The van der Waals surface area contributed by atoms with Crippen molar-refractivity contribution in [3.63, 3.8) is 0 Å². The van der Waals surface area contributed by atoms with Crippen LogP contribution in [-0.4, -0.2) is 40.2 Å². The van der Waals surface area contributed by atoms with Crippen molar-refractivity contribution >= 4 is 17.5 Å². The van der Waals surface area contributed by atoms with E-state index in [0.29, 0.717) is 6.54 Å². The van der Waals surface area contributed by atoms with E-state index >= 15 is 0 Å². The molecular formula is C26H33N3O2. The first-order valence-corrected chi connectivity index (χ1v) is 11.3. The Hall–Kier alpha value is -2.66. The summed E-state index contributed by atoms with van der Waals surface area (Å²) in [4.78, 5) is 29.0. The highest BCUT2D eigenvalue weighted by Crippen LogP contribution is 2.38. The smallest absolute Gasteiger partial charge is 0.225 e. The quantitative estimate of drug-likeness (QED) is 0.807. The van der Waals surface area contributed by atoms with Gasteiger partial charge in [-0.3, -0.25) is 14.5 Å². The number of amides is 2. The van der Waals surface area contributed by atoms with Gasteiger partial charge in [0, 0.05) is 43.7 Å². The molecule has 1 saturated heterocycles. The van der Waals surface area contributed by atoms with Crippen molar-refractivity contribution in [1.82, 2.24) is 9.80 Å². The molecule has 164 valence electrons. The van der Waals surface area contributed by atoms with Crippen molar-refractivity contribution in [2.45, 2.75) is 58.7 Å². The normalized spacial score (nSPS) is 21.2. The summed E-state index contributed by atoms with van der Waals surface area (Å²) in [5.74, 6) is 0.180. The molecule has 0 aliphatic carbocycles. The molecule has 2 aromatic carbocycles. The van der Waals surface area contributed by atoms with Crippen molar-refractivity contribution in [3.05, 3.63) is 65.2 Å². The number of rotatable bonds is 4. The largest absolute Gasteiger partial charge is 0.336 e. The number of hydrogen-bond acceptors (Lipinski definition) is 3. The van der Waals surface area contributed by atoms with Gasteiger partial charge in [0.05, 0.1) is 0 Å². The number of fused-ring (bicyclic) bond motifs is 1. The second kappa shape index (κ2) is 8.83. The molecule has 1 atom stereocenters. The van der Waals surface area contributed by atoms with Gasteiger partial charge in [0.2, 0.25) is 11.8 Å². The molecule has 0 aromatic heterocycles. The Morgan fingerprint density at radius 2 is 1.77 bits per heavy atom. The van der Waals surface area contributed by atoms with E-state index in [2.05, 4.69) is 51.5 Å². The lowest BCUT2D eigenvalue weighted by molar-refractivity contribution is -0.136. The van der Waals surface area contributed by atoms with Gasteiger partial charge in [0.1, 0.15) is 0 Å². The standard InChI is InChI=1S/C26H33N3O2/c1-19(2)25(31)28-17-23-8-5-4-7-22(23)15-26(18-28)13-6-14-29(26)16-21-9-11-24(12-10-21)27-20(3)30/h4-5,7-12,19H,6,13-18H2,1-3H3,(H,27,30). The van der Waals surface area contributed by atoms with Gasteiger partial charge in [-0.15, -0.1) is 0 Å². The van der Waals surface area contributed by atoms with Crippen LogP contribution in [0.3, 0.4) is 0 Å². The van der Waals surface area contributed by atoms with Crippen LogP contribution < -0.4 is 5.32 Å². The third-order valence-electron chi connectivity index (χ3n) is 6.68. The Morgan fingerprint density at radius 1 is 1.06 bits per heavy atom. The fraction of sp³-hybridized carbons (Fsp3) is 0.462. The van der Waals surface area contributed by atoms with Crippen molar-refractivity contribution < 1.29 is 9.59 Å². The van der Waals surface area contributed by atoms with Crippen molar-refractivity contribution in [1.29, 1.82) is 0 Å². The minimum atomic E-state index is -0.0572. The lowest BCUT2D eigenvalue weighted by atomic mass is 9.87. The molecule has 1 N–H and O–H groups in total. The molecule has 2 aliphatic heterocycles. The van der Waals surface area contributed by atoms with E-state index in [-0.39, 0.29) is 23.3 Å². The highest BCUT2D eigenvalue weighted by Gasteiger charge is 2.45. The molecule has 0 saturated carbocycles. The van der Waals surface area contributed by atoms with Gasteiger partial charge in [-0.1, -0.05) is 50.2 Å². The first-order valence-electron chi connectivity index (χ1n) is 11.3. The van der Waals surface area contributed by atoms with Crippen LogP contribution in [0.2, 0.25) is 0 Å². The Balaban J connectivity index is 1.61. The zero-order valence-corrected chi connectivity index (χ0v) is 18.9. The van der Waals surface area contributed by atoms with Gasteiger partial charge in [0.25, 0.3) is 0 Å². The number of anilines is 1. The summed E-state index contributed by atoms with van der Waals surface area (Å²) in [5, 5.41) is 2.83. The zero-order valence-electron chi connectivity index (χ0n) is 18.9. The van der Waals surface area contributed by atoms with Crippen LogP contribution in [0.15, 0.2) is 48.5 Å². The molecule has 4 rings (SSSR count). The van der Waals surface area contributed by atoms with Gasteiger partial charge in [-0.2, -0.15) is 0 Å². The van der Waals surface area contributed by atoms with E-state index in [0.717, 1.165) is 44.6 Å². The minimum Gasteiger partial charge on any atom is -0.336 e. The number of carbonyl (C=O) groups is 2. The van der Waals surface area contributed by atoms with Crippen LogP contribution in [0.1, 0.15) is 50.3 Å². The Morgan fingerprint density at radius 3 is 2.45 bits per heavy atom. The van der Waals surface area contributed by atoms with Crippen molar-refractivity contribution in [3.8, 4) is 0 Å². The van der Waals surface area contributed by atoms with E-state index in [9.17, 15) is 9.59 Å². The van der Waals surface area contributed by atoms with Crippen LogP contribution >= 0.6 is 0 Å². The second-order valence-corrected chi connectivity index (χ2v) is 9.42. The summed E-state index contributed by atoms with van der Waals surface area (Å²) in [6.07, 6.45) is 3.23. The predicted molar refractivity (Wildman–Crippen MR) is 124 cm³/mol. The molecule has 1 fully saturated rings. The Bertz CT molecular complexity index is 953. The number of nitrogens with one attached hydrogen (secondary N) is 1. The maximum atomic E-state index is 13.1. The predicted octanol–water partition coefficient (Wildman–Crippen LogP) is 4.22. The monoisotopic (exact) mass is 419 g/mol. The average molecular weight is 420 g/mol. The van der Waals surface area contributed by atoms with Gasteiger partial charge in [-0.05, 0) is 54.6 Å². The number of nitrogens with zero attached hydrogens (tertiary/aromatic N) is 2. The SMILES string of the molecule is CC(=O)Nc1ccc(CN2CCCC23Cc2ccccc2CN(C(=O)C(C)C)C3)cc1. The van der Waals surface area contributed by atoms with Crippen LogP contribution in [0.5, 0.6) is 0 Å². The fourth-order valence-corrected chi connectivity index (χ4v) is 5.17. The highest BCUT2D eigenvalue weighted by molar-refractivity contribution is 5.88. The van der Waals surface area contributed by atoms with Crippen LogP contribution in [-0.2, 0) is 29.1 Å². The van der Waals surface area contributed by atoms with Crippen molar-refractivity contribution in [2.24, 2.45) is 5.92 Å². The molecule has 1 spiro atoms. The van der Waals surface area contributed by atoms with E-state index in [1.165, 1.54) is 23.6 Å². The van der Waals surface area contributed by atoms with E-state index < -0.39 is 0 Å². The maximum absolute atomic E-state index is 13.1. The summed E-state index contributed by atoms with van der Waals surface area (Å²) in [5.41, 5.74) is 4.67. The zero-order chi connectivity index (χ0) is 22.0. The second-order valence-electron chi connectivity index (χ2n) is 9.42. The first-order chi connectivity index (χ1) is 14.9. The van der Waals surface area contributed by atoms with E-state index in [1.807, 2.05) is 26.0 Å². The maximum Gasteiger partial charge on any atom is 0.225 e. The first kappa shape index (κ1) is 21.6. The van der Waals surface area contributed by atoms with Gasteiger partial charge < -0.3 is 10.2 Å². The van der Waals surface area contributed by atoms with Gasteiger partial charge in [0.15, 0.2) is 0 Å². The number of benzene rings is 2. The third kappa shape index (κ3) is 4.67. The van der Waals surface area contributed by atoms with Gasteiger partial charge in [-0.25, -0.2) is 0 Å². The molecule has 31 heavy (non-hydrogen) atoms. The molecule has 5 heteroatoms. The van der Waals surface area contributed by atoms with Crippen LogP contribution in [0.4, 0.5) is 5.69 Å². The molecule has 2 aromatic rings. The third-order valence-corrected chi connectivity index (χ3v) is 6.68. The molecule has 2 heterocycles. The summed E-state index contributed by atoms with van der Waals surface area (Å²) in [7, 11) is 0. The molecule has 2 aliphatic rings. The summed E-state index contributed by atoms with van der Waals surface area (Å²) >= 11 is 0. The van der Waals surface area contributed by atoms with Crippen LogP contribution in [0.25, 0.3) is 0 Å². The van der Waals surface area contributed by atoms with Gasteiger partial charge >= 0.3 is 0 Å². The fourth-order valence-electron chi connectivity index (χ4n) is 5.17. The summed E-state index contributed by atoms with van der Waals surface area (Å²) in [6, 6.07) is 16.7. The minimum absolute atomic E-state index is 0.00140. The molecule has 1 unspecified atom stereocenters. The number of carbonyl (C=O) groups excluding carboxylic acids is 2. The van der Waals surface area contributed by atoms with E-state index in [1.54, 1.807) is 0 Å². The Kier molecular flexibility index (Phi) is 6.15. The number of hydrogen-bond donors (Lipinski definition) is 1. The summed E-state index contributed by atoms with van der Waals surface area (Å²) < 4.78 is 0. The molecule has 0 radical (unpaired) electrons. The van der Waals surface area contributed by atoms with Crippen LogP contribution in [0, 0.1) is 5.92 Å². The average Bonchev–Trinajstić information content (AvgIpc) is 3.01. The van der Waals surface area contributed by atoms with Crippen molar-refractivity contribution in [2.75, 3.05) is 18.4 Å². The van der Waals surface area contributed by atoms with E-state index in [4.69, 9.17) is 0 Å². The lowest BCUT2D eigenvalue weighted by Gasteiger charge is -2.41. The molecule has 2 amide bonds. The lowest BCUT2D eigenvalue weighted by Crippen LogP contribution is -2.53. The topological polar surface area (TPSA) is 52.7 Å². The Labute approximate surface area is 185 Å². The molecule has 0 bridgehead atoms. The molecular weight excluding hydrogens is 386 g/mol. The highest BCUT2D eigenvalue weighted by atomic mass is 16.2.